The first kappa shape index (κ1) is 12.5. The molecule has 0 bridgehead atoms. The molecule has 4 nitrogen and oxygen atoms in total. The van der Waals surface area contributed by atoms with Crippen molar-refractivity contribution in [1.82, 2.24) is 19.5 Å². The molecular formula is C13H13ClN4. The standard InChI is InChI=1S/C13H13ClN4/c1-4-6-12-11(5-2)16-8-18(12)13-10(14)7-15-9(3)17-13/h4-8H,2H2,1,3H3/b6-4-. The highest BCUT2D eigenvalue weighted by atomic mass is 35.5. The van der Waals surface area contributed by atoms with E-state index in [1.807, 2.05) is 30.6 Å². The Kier molecular flexibility index (Phi) is 3.58. The fourth-order valence-corrected chi connectivity index (χ4v) is 1.82. The van der Waals surface area contributed by atoms with E-state index in [0.29, 0.717) is 16.7 Å². The number of rotatable bonds is 3. The molecule has 0 aromatic carbocycles. The number of allylic oxidation sites excluding steroid dienone is 1. The molecule has 0 atom stereocenters. The van der Waals surface area contributed by atoms with Gasteiger partial charge >= 0.3 is 0 Å². The molecule has 92 valence electrons. The first-order valence-corrected chi connectivity index (χ1v) is 5.87. The van der Waals surface area contributed by atoms with Crippen LogP contribution in [-0.2, 0) is 0 Å². The number of halogens is 1. The summed E-state index contributed by atoms with van der Waals surface area (Å²) in [6, 6.07) is 0. The summed E-state index contributed by atoms with van der Waals surface area (Å²) in [6.45, 7) is 7.51. The average Bonchev–Trinajstić information content (AvgIpc) is 2.76. The van der Waals surface area contributed by atoms with E-state index in [0.717, 1.165) is 11.4 Å². The van der Waals surface area contributed by atoms with E-state index in [1.54, 1.807) is 18.6 Å². The van der Waals surface area contributed by atoms with E-state index in [1.165, 1.54) is 0 Å². The molecule has 0 amide bonds. The second kappa shape index (κ2) is 5.14. The Morgan fingerprint density at radius 2 is 2.17 bits per heavy atom. The Balaban J connectivity index is 2.67. The molecule has 2 rings (SSSR count). The van der Waals surface area contributed by atoms with Gasteiger partial charge in [-0.1, -0.05) is 24.3 Å². The lowest BCUT2D eigenvalue weighted by Gasteiger charge is -2.07. The summed E-state index contributed by atoms with van der Waals surface area (Å²) in [5, 5.41) is 0.486. The van der Waals surface area contributed by atoms with Gasteiger partial charge in [0, 0.05) is 0 Å². The Labute approximate surface area is 111 Å². The van der Waals surface area contributed by atoms with Gasteiger partial charge < -0.3 is 0 Å². The molecule has 0 saturated heterocycles. The van der Waals surface area contributed by atoms with Gasteiger partial charge in [-0.3, -0.25) is 4.57 Å². The first-order chi connectivity index (χ1) is 8.67. The van der Waals surface area contributed by atoms with E-state index in [9.17, 15) is 0 Å². The molecule has 5 heteroatoms. The zero-order valence-corrected chi connectivity index (χ0v) is 11.0. The maximum absolute atomic E-state index is 6.13. The molecule has 0 spiro atoms. The van der Waals surface area contributed by atoms with E-state index < -0.39 is 0 Å². The minimum atomic E-state index is 0.486. The number of hydrogen-bond acceptors (Lipinski definition) is 3. The van der Waals surface area contributed by atoms with Crippen molar-refractivity contribution in [2.24, 2.45) is 0 Å². The lowest BCUT2D eigenvalue weighted by atomic mass is 10.3. The molecule has 0 aliphatic carbocycles. The molecule has 0 aliphatic heterocycles. The van der Waals surface area contributed by atoms with Gasteiger partial charge in [-0.25, -0.2) is 15.0 Å². The van der Waals surface area contributed by atoms with Crippen LogP contribution in [0.2, 0.25) is 5.02 Å². The minimum absolute atomic E-state index is 0.486. The summed E-state index contributed by atoms with van der Waals surface area (Å²) in [5.41, 5.74) is 1.69. The van der Waals surface area contributed by atoms with Crippen molar-refractivity contribution in [3.8, 4) is 5.82 Å². The van der Waals surface area contributed by atoms with Crippen LogP contribution in [0.5, 0.6) is 0 Å². The SMILES string of the molecule is C=Cc1ncn(-c2nc(C)ncc2Cl)c1/C=C\C. The molecule has 0 aliphatic rings. The quantitative estimate of drug-likeness (QED) is 0.850. The largest absolute Gasteiger partial charge is 0.282 e. The lowest BCUT2D eigenvalue weighted by Crippen LogP contribution is -2.02. The van der Waals surface area contributed by atoms with Crippen molar-refractivity contribution >= 4 is 23.8 Å². The monoisotopic (exact) mass is 260 g/mol. The van der Waals surface area contributed by atoms with Gasteiger partial charge in [0.2, 0.25) is 0 Å². The molecule has 18 heavy (non-hydrogen) atoms. The number of hydrogen-bond donors (Lipinski definition) is 0. The van der Waals surface area contributed by atoms with E-state index in [-0.39, 0.29) is 0 Å². The molecule has 0 N–H and O–H groups in total. The first-order valence-electron chi connectivity index (χ1n) is 5.49. The number of aryl methyl sites for hydroxylation is 1. The lowest BCUT2D eigenvalue weighted by molar-refractivity contribution is 0.930. The van der Waals surface area contributed by atoms with Gasteiger partial charge in [-0.2, -0.15) is 0 Å². The predicted molar refractivity (Wildman–Crippen MR) is 73.7 cm³/mol. The van der Waals surface area contributed by atoms with Crippen molar-refractivity contribution in [3.05, 3.63) is 47.4 Å². The summed E-state index contributed by atoms with van der Waals surface area (Å²) in [4.78, 5) is 12.7. The maximum atomic E-state index is 6.13. The summed E-state index contributed by atoms with van der Waals surface area (Å²) in [6.07, 6.45) is 8.85. The van der Waals surface area contributed by atoms with Crippen LogP contribution in [0.3, 0.4) is 0 Å². The highest BCUT2D eigenvalue weighted by Gasteiger charge is 2.12. The van der Waals surface area contributed by atoms with Crippen LogP contribution in [0.1, 0.15) is 24.1 Å². The van der Waals surface area contributed by atoms with E-state index in [4.69, 9.17) is 11.6 Å². The van der Waals surface area contributed by atoms with Crippen LogP contribution >= 0.6 is 11.6 Å². The normalized spacial score (nSPS) is 11.1. The molecule has 0 fully saturated rings. The van der Waals surface area contributed by atoms with E-state index >= 15 is 0 Å². The van der Waals surface area contributed by atoms with Gasteiger partial charge in [-0.15, -0.1) is 0 Å². The van der Waals surface area contributed by atoms with Crippen molar-refractivity contribution in [1.29, 1.82) is 0 Å². The average molecular weight is 261 g/mol. The van der Waals surface area contributed by atoms with Gasteiger partial charge in [0.25, 0.3) is 0 Å². The van der Waals surface area contributed by atoms with Crippen molar-refractivity contribution in [2.45, 2.75) is 13.8 Å². The second-order valence-electron chi connectivity index (χ2n) is 3.68. The fraction of sp³-hybridized carbons (Fsp3) is 0.154. The molecule has 2 aromatic heterocycles. The highest BCUT2D eigenvalue weighted by molar-refractivity contribution is 6.32. The smallest absolute Gasteiger partial charge is 0.160 e. The zero-order chi connectivity index (χ0) is 13.1. The Morgan fingerprint density at radius 1 is 1.39 bits per heavy atom. The predicted octanol–water partition coefficient (Wildman–Crippen LogP) is 3.30. The molecule has 0 radical (unpaired) electrons. The highest BCUT2D eigenvalue weighted by Crippen LogP contribution is 2.22. The van der Waals surface area contributed by atoms with E-state index in [2.05, 4.69) is 21.5 Å². The topological polar surface area (TPSA) is 43.6 Å². The molecular weight excluding hydrogens is 248 g/mol. The number of imidazole rings is 1. The third kappa shape index (κ3) is 2.19. The van der Waals surface area contributed by atoms with Crippen molar-refractivity contribution < 1.29 is 0 Å². The Morgan fingerprint density at radius 3 is 2.83 bits per heavy atom. The zero-order valence-electron chi connectivity index (χ0n) is 10.3. The van der Waals surface area contributed by atoms with Gasteiger partial charge in [0.1, 0.15) is 17.2 Å². The number of nitrogens with zero attached hydrogens (tertiary/aromatic N) is 4. The Bertz CT molecular complexity index is 613. The van der Waals surface area contributed by atoms with Crippen LogP contribution in [-0.4, -0.2) is 19.5 Å². The summed E-state index contributed by atoms with van der Waals surface area (Å²) in [7, 11) is 0. The molecule has 0 saturated carbocycles. The van der Waals surface area contributed by atoms with Crippen molar-refractivity contribution in [3.63, 3.8) is 0 Å². The van der Waals surface area contributed by atoms with Gasteiger partial charge in [0.15, 0.2) is 5.82 Å². The van der Waals surface area contributed by atoms with Crippen LogP contribution < -0.4 is 0 Å². The van der Waals surface area contributed by atoms with Crippen LogP contribution in [0.25, 0.3) is 18.0 Å². The second-order valence-corrected chi connectivity index (χ2v) is 4.09. The van der Waals surface area contributed by atoms with Crippen LogP contribution in [0, 0.1) is 6.92 Å². The summed E-state index contributed by atoms with van der Waals surface area (Å²) >= 11 is 6.13. The van der Waals surface area contributed by atoms with Gasteiger partial charge in [0.05, 0.1) is 17.6 Å². The minimum Gasteiger partial charge on any atom is -0.282 e. The maximum Gasteiger partial charge on any atom is 0.160 e. The molecule has 0 unspecified atom stereocenters. The fourth-order valence-electron chi connectivity index (χ4n) is 1.63. The van der Waals surface area contributed by atoms with Gasteiger partial charge in [-0.05, 0) is 26.0 Å². The molecule has 2 aromatic rings. The van der Waals surface area contributed by atoms with Crippen LogP contribution in [0.15, 0.2) is 25.2 Å². The summed E-state index contributed by atoms with van der Waals surface area (Å²) in [5.74, 6) is 1.28. The third-order valence-corrected chi connectivity index (χ3v) is 2.69. The summed E-state index contributed by atoms with van der Waals surface area (Å²) < 4.78 is 1.83. The third-order valence-electron chi connectivity index (χ3n) is 2.43. The molecule has 2 heterocycles. The number of aromatic nitrogens is 4. The van der Waals surface area contributed by atoms with Crippen LogP contribution in [0.4, 0.5) is 0 Å². The Hall–Kier alpha value is -1.94. The van der Waals surface area contributed by atoms with Crippen molar-refractivity contribution in [2.75, 3.05) is 0 Å².